The number of ketones is 1. The number of carbonyl (C=O) groups is 1. The number of carbonyl (C=O) groups excluding carboxylic acids is 1. The van der Waals surface area contributed by atoms with Gasteiger partial charge in [0, 0.05) is 25.3 Å². The van der Waals surface area contributed by atoms with Gasteiger partial charge in [0.1, 0.15) is 0 Å². The van der Waals surface area contributed by atoms with Crippen LogP contribution in [-0.2, 0) is 0 Å². The normalized spacial score (nSPS) is 11.3. The van der Waals surface area contributed by atoms with Crippen LogP contribution < -0.4 is 4.90 Å². The molecule has 5 nitrogen and oxygen atoms in total. The van der Waals surface area contributed by atoms with Crippen molar-refractivity contribution in [2.75, 3.05) is 19.0 Å². The van der Waals surface area contributed by atoms with Gasteiger partial charge in [-0.3, -0.25) is 4.79 Å². The lowest BCUT2D eigenvalue weighted by Gasteiger charge is -2.11. The van der Waals surface area contributed by atoms with Gasteiger partial charge < -0.3 is 4.90 Å². The quantitative estimate of drug-likeness (QED) is 0.502. The molecule has 3 rings (SSSR count). The molecule has 0 spiro atoms. The van der Waals surface area contributed by atoms with E-state index in [-0.39, 0.29) is 5.78 Å². The summed E-state index contributed by atoms with van der Waals surface area (Å²) in [5.41, 5.74) is 3.40. The SMILES string of the molecule is CC(=O)c1ccc2nc(N=Nc3ccc(N(C)C)cc3)sc2c1. The first-order valence-electron chi connectivity index (χ1n) is 7.13. The van der Waals surface area contributed by atoms with Crippen molar-refractivity contribution in [2.45, 2.75) is 6.92 Å². The van der Waals surface area contributed by atoms with E-state index in [0.29, 0.717) is 10.7 Å². The number of Topliss-reactive ketones (excluding diaryl/α,β-unsaturated/α-hetero) is 1. The van der Waals surface area contributed by atoms with E-state index in [2.05, 4.69) is 15.2 Å². The van der Waals surface area contributed by atoms with Crippen LogP contribution in [0, 0.1) is 0 Å². The second-order valence-electron chi connectivity index (χ2n) is 5.35. The first kappa shape index (κ1) is 15.3. The minimum absolute atomic E-state index is 0.0458. The number of anilines is 1. The molecule has 1 aromatic heterocycles. The van der Waals surface area contributed by atoms with Gasteiger partial charge in [-0.2, -0.15) is 0 Å². The van der Waals surface area contributed by atoms with Crippen LogP contribution in [0.1, 0.15) is 17.3 Å². The van der Waals surface area contributed by atoms with Gasteiger partial charge >= 0.3 is 0 Å². The number of hydrogen-bond acceptors (Lipinski definition) is 6. The molecule has 0 saturated carbocycles. The van der Waals surface area contributed by atoms with Crippen molar-refractivity contribution in [1.29, 1.82) is 0 Å². The summed E-state index contributed by atoms with van der Waals surface area (Å²) in [5.74, 6) is 0.0458. The highest BCUT2D eigenvalue weighted by atomic mass is 32.1. The van der Waals surface area contributed by atoms with Gasteiger partial charge in [0.2, 0.25) is 5.13 Å². The molecule has 0 N–H and O–H groups in total. The Bertz CT molecular complexity index is 881. The van der Waals surface area contributed by atoms with Crippen molar-refractivity contribution in [3.63, 3.8) is 0 Å². The molecule has 0 aliphatic carbocycles. The first-order valence-corrected chi connectivity index (χ1v) is 7.95. The molecule has 0 fully saturated rings. The Hall–Kier alpha value is -2.60. The van der Waals surface area contributed by atoms with E-state index in [0.717, 1.165) is 21.6 Å². The fourth-order valence-corrected chi connectivity index (χ4v) is 2.92. The lowest BCUT2D eigenvalue weighted by molar-refractivity contribution is 0.101. The molecule has 0 bridgehead atoms. The zero-order chi connectivity index (χ0) is 16.4. The fourth-order valence-electron chi connectivity index (χ4n) is 2.09. The highest BCUT2D eigenvalue weighted by molar-refractivity contribution is 7.21. The van der Waals surface area contributed by atoms with E-state index < -0.39 is 0 Å². The van der Waals surface area contributed by atoms with Crippen LogP contribution in [0.2, 0.25) is 0 Å². The summed E-state index contributed by atoms with van der Waals surface area (Å²) in [7, 11) is 3.99. The maximum absolute atomic E-state index is 11.4. The number of fused-ring (bicyclic) bond motifs is 1. The standard InChI is InChI=1S/C17H16N4OS/c1-11(22)12-4-9-15-16(10-12)23-17(18-15)20-19-13-5-7-14(8-6-13)21(2)3/h4-10H,1-3H3. The van der Waals surface area contributed by atoms with Crippen molar-refractivity contribution >= 4 is 43.8 Å². The molecule has 3 aromatic rings. The van der Waals surface area contributed by atoms with Gasteiger partial charge in [0.15, 0.2) is 5.78 Å². The lowest BCUT2D eigenvalue weighted by atomic mass is 10.1. The molecule has 0 saturated heterocycles. The van der Waals surface area contributed by atoms with Crippen LogP contribution in [0.15, 0.2) is 52.7 Å². The second kappa shape index (κ2) is 6.26. The third kappa shape index (κ3) is 3.43. The van der Waals surface area contributed by atoms with E-state index in [4.69, 9.17) is 0 Å². The van der Waals surface area contributed by atoms with Gasteiger partial charge in [0.25, 0.3) is 0 Å². The van der Waals surface area contributed by atoms with Crippen LogP contribution >= 0.6 is 11.3 Å². The number of rotatable bonds is 4. The molecule has 0 radical (unpaired) electrons. The van der Waals surface area contributed by atoms with Crippen molar-refractivity contribution < 1.29 is 4.79 Å². The van der Waals surface area contributed by atoms with E-state index in [1.165, 1.54) is 11.3 Å². The number of hydrogen-bond donors (Lipinski definition) is 0. The number of benzene rings is 2. The van der Waals surface area contributed by atoms with Crippen LogP contribution in [0.5, 0.6) is 0 Å². The van der Waals surface area contributed by atoms with E-state index in [1.807, 2.05) is 55.4 Å². The molecule has 116 valence electrons. The van der Waals surface area contributed by atoms with Gasteiger partial charge in [0.05, 0.1) is 15.9 Å². The molecule has 0 aliphatic rings. The Balaban J connectivity index is 1.84. The number of azo groups is 1. The maximum atomic E-state index is 11.4. The Morgan fingerprint density at radius 1 is 1.09 bits per heavy atom. The fraction of sp³-hybridized carbons (Fsp3) is 0.176. The largest absolute Gasteiger partial charge is 0.378 e. The van der Waals surface area contributed by atoms with E-state index in [9.17, 15) is 4.79 Å². The smallest absolute Gasteiger partial charge is 0.231 e. The van der Waals surface area contributed by atoms with Crippen LogP contribution in [0.25, 0.3) is 10.2 Å². The van der Waals surface area contributed by atoms with Gasteiger partial charge in [-0.1, -0.05) is 11.3 Å². The maximum Gasteiger partial charge on any atom is 0.231 e. The number of thiazole rings is 1. The minimum atomic E-state index is 0.0458. The summed E-state index contributed by atoms with van der Waals surface area (Å²) in [4.78, 5) is 17.9. The summed E-state index contributed by atoms with van der Waals surface area (Å²) in [6, 6.07) is 13.3. The summed E-state index contributed by atoms with van der Waals surface area (Å²) in [6.07, 6.45) is 0. The van der Waals surface area contributed by atoms with Gasteiger partial charge in [-0.15, -0.1) is 10.2 Å². The highest BCUT2D eigenvalue weighted by Crippen LogP contribution is 2.30. The molecule has 23 heavy (non-hydrogen) atoms. The molecule has 0 unspecified atom stereocenters. The predicted molar refractivity (Wildman–Crippen MR) is 94.6 cm³/mol. The third-order valence-corrected chi connectivity index (χ3v) is 4.30. The van der Waals surface area contributed by atoms with Gasteiger partial charge in [-0.25, -0.2) is 4.98 Å². The molecule has 0 aliphatic heterocycles. The zero-order valence-electron chi connectivity index (χ0n) is 13.1. The van der Waals surface area contributed by atoms with Crippen molar-refractivity contribution in [1.82, 2.24) is 4.98 Å². The van der Waals surface area contributed by atoms with Crippen LogP contribution in [0.3, 0.4) is 0 Å². The predicted octanol–water partition coefficient (Wildman–Crippen LogP) is 4.98. The monoisotopic (exact) mass is 324 g/mol. The second-order valence-corrected chi connectivity index (χ2v) is 6.36. The molecule has 2 aromatic carbocycles. The van der Waals surface area contributed by atoms with E-state index in [1.54, 1.807) is 13.0 Å². The van der Waals surface area contributed by atoms with Gasteiger partial charge in [-0.05, 0) is 49.4 Å². The molecular formula is C17H16N4OS. The summed E-state index contributed by atoms with van der Waals surface area (Å²) in [6.45, 7) is 1.56. The summed E-state index contributed by atoms with van der Waals surface area (Å²) >= 11 is 1.42. The van der Waals surface area contributed by atoms with Crippen molar-refractivity contribution in [3.05, 3.63) is 48.0 Å². The zero-order valence-corrected chi connectivity index (χ0v) is 14.0. The highest BCUT2D eigenvalue weighted by Gasteiger charge is 2.06. The topological polar surface area (TPSA) is 57.9 Å². The average Bonchev–Trinajstić information content (AvgIpc) is 2.95. The molecular weight excluding hydrogens is 308 g/mol. The Morgan fingerprint density at radius 2 is 1.83 bits per heavy atom. The number of aromatic nitrogens is 1. The molecule has 6 heteroatoms. The van der Waals surface area contributed by atoms with Crippen LogP contribution in [0.4, 0.5) is 16.5 Å². The Kier molecular flexibility index (Phi) is 4.16. The minimum Gasteiger partial charge on any atom is -0.378 e. The first-order chi connectivity index (χ1) is 11.0. The summed E-state index contributed by atoms with van der Waals surface area (Å²) < 4.78 is 0.939. The van der Waals surface area contributed by atoms with Crippen LogP contribution in [-0.4, -0.2) is 24.9 Å². The lowest BCUT2D eigenvalue weighted by Crippen LogP contribution is -2.07. The third-order valence-electron chi connectivity index (χ3n) is 3.40. The van der Waals surface area contributed by atoms with E-state index >= 15 is 0 Å². The molecule has 0 atom stereocenters. The summed E-state index contributed by atoms with van der Waals surface area (Å²) in [5, 5.41) is 8.99. The van der Waals surface area contributed by atoms with Crippen molar-refractivity contribution in [3.8, 4) is 0 Å². The molecule has 0 amide bonds. The average molecular weight is 324 g/mol. The molecule has 1 heterocycles. The number of nitrogens with zero attached hydrogens (tertiary/aromatic N) is 4. The van der Waals surface area contributed by atoms with Crippen molar-refractivity contribution in [2.24, 2.45) is 10.2 Å². The Labute approximate surface area is 138 Å². The Morgan fingerprint density at radius 3 is 2.48 bits per heavy atom.